The molecular weight excluding hydrogens is 360 g/mol. The van der Waals surface area contributed by atoms with Crippen LogP contribution < -0.4 is 15.4 Å². The van der Waals surface area contributed by atoms with Crippen molar-refractivity contribution in [3.8, 4) is 11.4 Å². The fourth-order valence-electron chi connectivity index (χ4n) is 2.91. The molecule has 1 unspecified atom stereocenters. The summed E-state index contributed by atoms with van der Waals surface area (Å²) in [5.74, 6) is 1.31. The molecule has 9 nitrogen and oxygen atoms in total. The normalized spacial score (nSPS) is 11.9. The minimum absolute atomic E-state index is 0.323. The average Bonchev–Trinajstić information content (AvgIpc) is 3.26. The maximum atomic E-state index is 12.6. The molecule has 0 saturated carbocycles. The SMILES string of the molecule is COCC(NC(=O)Nc1cc(C)nn1-c1ccc(OC)cc1)c1ccnn1C. The standard InChI is InChI=1S/C19H24N6O3/c1-13-11-18(25(23-13)14-5-7-15(28-4)8-6-14)22-19(26)21-16(12-27-3)17-9-10-20-24(17)2/h5-11,16H,12H2,1-4H3,(H2,21,22,26). The molecular formula is C19H24N6O3. The van der Waals surface area contributed by atoms with E-state index in [4.69, 9.17) is 9.47 Å². The molecule has 2 heterocycles. The van der Waals surface area contributed by atoms with Crippen LogP contribution in [0.3, 0.4) is 0 Å². The second-order valence-corrected chi connectivity index (χ2v) is 6.27. The predicted octanol–water partition coefficient (Wildman–Crippen LogP) is 2.43. The van der Waals surface area contributed by atoms with E-state index in [9.17, 15) is 4.79 Å². The molecule has 3 aromatic rings. The Morgan fingerprint density at radius 2 is 1.96 bits per heavy atom. The summed E-state index contributed by atoms with van der Waals surface area (Å²) in [5.41, 5.74) is 2.44. The first-order chi connectivity index (χ1) is 13.5. The summed E-state index contributed by atoms with van der Waals surface area (Å²) in [6, 6.07) is 10.4. The number of hydrogen-bond acceptors (Lipinski definition) is 5. The number of methoxy groups -OCH3 is 2. The van der Waals surface area contributed by atoms with Gasteiger partial charge in [0.25, 0.3) is 0 Å². The fraction of sp³-hybridized carbons (Fsp3) is 0.316. The molecule has 9 heteroatoms. The highest BCUT2D eigenvalue weighted by molar-refractivity contribution is 5.89. The van der Waals surface area contributed by atoms with Crippen LogP contribution in [0.4, 0.5) is 10.6 Å². The lowest BCUT2D eigenvalue weighted by molar-refractivity contribution is 0.165. The number of nitrogens with zero attached hydrogens (tertiary/aromatic N) is 4. The summed E-state index contributed by atoms with van der Waals surface area (Å²) in [4.78, 5) is 12.6. The largest absolute Gasteiger partial charge is 0.497 e. The lowest BCUT2D eigenvalue weighted by Crippen LogP contribution is -2.36. The van der Waals surface area contributed by atoms with Crippen LogP contribution in [0, 0.1) is 6.92 Å². The van der Waals surface area contributed by atoms with E-state index in [-0.39, 0.29) is 12.1 Å². The lowest BCUT2D eigenvalue weighted by atomic mass is 10.2. The first-order valence-corrected chi connectivity index (χ1v) is 8.77. The molecule has 28 heavy (non-hydrogen) atoms. The fourth-order valence-corrected chi connectivity index (χ4v) is 2.91. The topological polar surface area (TPSA) is 95.2 Å². The number of aromatic nitrogens is 4. The van der Waals surface area contributed by atoms with Crippen LogP contribution in [0.1, 0.15) is 17.4 Å². The summed E-state index contributed by atoms with van der Waals surface area (Å²) in [6.45, 7) is 2.19. The van der Waals surface area contributed by atoms with Crippen LogP contribution in [0.2, 0.25) is 0 Å². The van der Waals surface area contributed by atoms with E-state index in [1.807, 2.05) is 44.3 Å². The number of nitrogens with one attached hydrogen (secondary N) is 2. The first-order valence-electron chi connectivity index (χ1n) is 8.77. The Kier molecular flexibility index (Phi) is 5.95. The van der Waals surface area contributed by atoms with Crippen LogP contribution in [-0.2, 0) is 11.8 Å². The minimum atomic E-state index is -0.363. The molecule has 0 aliphatic rings. The smallest absolute Gasteiger partial charge is 0.321 e. The Morgan fingerprint density at radius 3 is 2.57 bits per heavy atom. The number of aryl methyl sites for hydroxylation is 2. The molecule has 0 aliphatic heterocycles. The van der Waals surface area contributed by atoms with Crippen molar-refractivity contribution < 1.29 is 14.3 Å². The number of amides is 2. The zero-order valence-corrected chi connectivity index (χ0v) is 16.3. The Bertz CT molecular complexity index is 932. The van der Waals surface area contributed by atoms with Gasteiger partial charge in [0.2, 0.25) is 0 Å². The molecule has 2 amide bonds. The number of rotatable bonds is 7. The van der Waals surface area contributed by atoms with Gasteiger partial charge in [-0.3, -0.25) is 10.00 Å². The third-order valence-corrected chi connectivity index (χ3v) is 4.24. The number of urea groups is 1. The minimum Gasteiger partial charge on any atom is -0.497 e. The van der Waals surface area contributed by atoms with Crippen LogP contribution in [0.25, 0.3) is 5.69 Å². The van der Waals surface area contributed by atoms with Crippen LogP contribution in [0.15, 0.2) is 42.6 Å². The molecule has 2 N–H and O–H groups in total. The summed E-state index contributed by atoms with van der Waals surface area (Å²) in [6.07, 6.45) is 1.68. The molecule has 1 aromatic carbocycles. The summed E-state index contributed by atoms with van der Waals surface area (Å²) in [5, 5.41) is 14.4. The van der Waals surface area contributed by atoms with Crippen LogP contribution in [0.5, 0.6) is 5.75 Å². The van der Waals surface area contributed by atoms with Crippen LogP contribution in [-0.4, -0.2) is 46.4 Å². The van der Waals surface area contributed by atoms with Crippen molar-refractivity contribution in [2.75, 3.05) is 26.1 Å². The van der Waals surface area contributed by atoms with E-state index in [2.05, 4.69) is 20.8 Å². The van der Waals surface area contributed by atoms with Crippen molar-refractivity contribution in [2.24, 2.45) is 7.05 Å². The van der Waals surface area contributed by atoms with Gasteiger partial charge >= 0.3 is 6.03 Å². The van der Waals surface area contributed by atoms with E-state index >= 15 is 0 Å². The van der Waals surface area contributed by atoms with Gasteiger partial charge in [0, 0.05) is 26.4 Å². The second-order valence-electron chi connectivity index (χ2n) is 6.27. The quantitative estimate of drug-likeness (QED) is 0.652. The van der Waals surface area contributed by atoms with Gasteiger partial charge in [-0.15, -0.1) is 0 Å². The van der Waals surface area contributed by atoms with E-state index in [1.54, 1.807) is 35.8 Å². The highest BCUT2D eigenvalue weighted by Crippen LogP contribution is 2.20. The third kappa shape index (κ3) is 4.32. The monoisotopic (exact) mass is 384 g/mol. The van der Waals surface area contributed by atoms with Gasteiger partial charge in [0.1, 0.15) is 11.6 Å². The molecule has 148 valence electrons. The van der Waals surface area contributed by atoms with Crippen LogP contribution >= 0.6 is 0 Å². The molecule has 0 spiro atoms. The van der Waals surface area contributed by atoms with Gasteiger partial charge in [-0.25, -0.2) is 9.48 Å². The average molecular weight is 384 g/mol. The van der Waals surface area contributed by atoms with Gasteiger partial charge in [-0.1, -0.05) is 0 Å². The van der Waals surface area contributed by atoms with E-state index in [0.717, 1.165) is 22.8 Å². The van der Waals surface area contributed by atoms with Crippen molar-refractivity contribution in [1.29, 1.82) is 0 Å². The lowest BCUT2D eigenvalue weighted by Gasteiger charge is -2.19. The zero-order chi connectivity index (χ0) is 20.1. The molecule has 0 bridgehead atoms. The Labute approximate surface area is 163 Å². The van der Waals surface area contributed by atoms with E-state index in [1.165, 1.54) is 0 Å². The van der Waals surface area contributed by atoms with E-state index in [0.29, 0.717) is 12.4 Å². The predicted molar refractivity (Wildman–Crippen MR) is 105 cm³/mol. The number of carbonyl (C=O) groups is 1. The molecule has 0 radical (unpaired) electrons. The van der Waals surface area contributed by atoms with Gasteiger partial charge < -0.3 is 14.8 Å². The summed E-state index contributed by atoms with van der Waals surface area (Å²) in [7, 11) is 5.02. The van der Waals surface area contributed by atoms with Gasteiger partial charge in [-0.2, -0.15) is 10.2 Å². The molecule has 2 aromatic heterocycles. The molecule has 1 atom stereocenters. The van der Waals surface area contributed by atoms with Crippen molar-refractivity contribution in [1.82, 2.24) is 24.9 Å². The number of benzene rings is 1. The number of hydrogen-bond donors (Lipinski definition) is 2. The maximum Gasteiger partial charge on any atom is 0.321 e. The Hall–Kier alpha value is -3.33. The van der Waals surface area contributed by atoms with E-state index < -0.39 is 0 Å². The summed E-state index contributed by atoms with van der Waals surface area (Å²) >= 11 is 0. The van der Waals surface area contributed by atoms with Gasteiger partial charge in [0.05, 0.1) is 36.8 Å². The van der Waals surface area contributed by atoms with Crippen molar-refractivity contribution in [2.45, 2.75) is 13.0 Å². The van der Waals surface area contributed by atoms with Gasteiger partial charge in [-0.05, 0) is 37.3 Å². The highest BCUT2D eigenvalue weighted by atomic mass is 16.5. The summed E-state index contributed by atoms with van der Waals surface area (Å²) < 4.78 is 13.8. The maximum absolute atomic E-state index is 12.6. The van der Waals surface area contributed by atoms with Crippen molar-refractivity contribution in [3.05, 3.63) is 54.0 Å². The first kappa shape index (κ1) is 19.4. The molecule has 3 rings (SSSR count). The molecule has 0 aliphatic carbocycles. The van der Waals surface area contributed by atoms with Crippen molar-refractivity contribution in [3.63, 3.8) is 0 Å². The van der Waals surface area contributed by atoms with Gasteiger partial charge in [0.15, 0.2) is 0 Å². The second kappa shape index (κ2) is 8.57. The molecule has 0 fully saturated rings. The highest BCUT2D eigenvalue weighted by Gasteiger charge is 2.19. The number of ether oxygens (including phenoxy) is 2. The number of carbonyl (C=O) groups excluding carboxylic acids is 1. The third-order valence-electron chi connectivity index (χ3n) is 4.24. The number of anilines is 1. The van der Waals surface area contributed by atoms with Crippen molar-refractivity contribution >= 4 is 11.8 Å². The Balaban J connectivity index is 1.77. The zero-order valence-electron chi connectivity index (χ0n) is 16.3. The molecule has 0 saturated heterocycles. The Morgan fingerprint density at radius 1 is 1.21 bits per heavy atom.